The second-order valence-corrected chi connectivity index (χ2v) is 6.81. The number of amides is 2. The molecule has 0 saturated heterocycles. The number of anilines is 1. The predicted molar refractivity (Wildman–Crippen MR) is 109 cm³/mol. The highest BCUT2D eigenvalue weighted by atomic mass is 16.5. The fourth-order valence-corrected chi connectivity index (χ4v) is 3.41. The summed E-state index contributed by atoms with van der Waals surface area (Å²) < 4.78 is 16.0. The van der Waals surface area contributed by atoms with E-state index in [1.54, 1.807) is 43.4 Å². The maximum Gasteiger partial charge on any atom is 0.302 e. The number of carbonyl (C=O) groups is 2. The number of benzene rings is 2. The minimum atomic E-state index is -0.357. The van der Waals surface area contributed by atoms with Crippen LogP contribution in [0.2, 0.25) is 0 Å². The Bertz CT molecular complexity index is 1080. The molecule has 1 aromatic heterocycles. The molecule has 0 unspecified atom stereocenters. The summed E-state index contributed by atoms with van der Waals surface area (Å²) in [5.41, 5.74) is 2.73. The molecule has 1 N–H and O–H groups in total. The molecule has 0 aliphatic carbocycles. The lowest BCUT2D eigenvalue weighted by Crippen LogP contribution is -2.36. The van der Waals surface area contributed by atoms with Gasteiger partial charge in [0.05, 0.1) is 14.2 Å². The highest BCUT2D eigenvalue weighted by Crippen LogP contribution is 2.33. The van der Waals surface area contributed by atoms with Crippen molar-refractivity contribution in [3.05, 3.63) is 71.1 Å². The van der Waals surface area contributed by atoms with Gasteiger partial charge in [0, 0.05) is 18.7 Å². The number of carbonyl (C=O) groups excluding carboxylic acids is 2. The minimum Gasteiger partial charge on any atom is -0.493 e. The topological polar surface area (TPSA) is 93.9 Å². The average molecular weight is 407 g/mol. The van der Waals surface area contributed by atoms with Gasteiger partial charge in [-0.25, -0.2) is 0 Å². The van der Waals surface area contributed by atoms with Gasteiger partial charge < -0.3 is 18.8 Å². The number of hydrogen-bond acceptors (Lipinski definition) is 6. The summed E-state index contributed by atoms with van der Waals surface area (Å²) in [7, 11) is 3.18. The van der Waals surface area contributed by atoms with Gasteiger partial charge in [-0.2, -0.15) is 4.98 Å². The number of nitrogens with zero attached hydrogens (tertiary/aromatic N) is 2. The molecule has 4 rings (SSSR count). The maximum atomic E-state index is 12.9. The van der Waals surface area contributed by atoms with Crippen molar-refractivity contribution in [2.75, 3.05) is 26.1 Å². The van der Waals surface area contributed by atoms with Crippen molar-refractivity contribution in [2.24, 2.45) is 0 Å². The van der Waals surface area contributed by atoms with E-state index in [-0.39, 0.29) is 23.5 Å². The van der Waals surface area contributed by atoms with Crippen LogP contribution in [0, 0.1) is 0 Å². The average Bonchev–Trinajstić information content (AvgIpc) is 3.26. The van der Waals surface area contributed by atoms with Crippen LogP contribution in [0.1, 0.15) is 32.0 Å². The van der Waals surface area contributed by atoms with Crippen molar-refractivity contribution in [1.29, 1.82) is 0 Å². The number of hydrogen-bond donors (Lipinski definition) is 1. The van der Waals surface area contributed by atoms with Gasteiger partial charge in [-0.15, -0.1) is 0 Å². The van der Waals surface area contributed by atoms with Crippen LogP contribution < -0.4 is 14.8 Å². The van der Waals surface area contributed by atoms with Gasteiger partial charge in [-0.1, -0.05) is 18.2 Å². The molecule has 3 aromatic rings. The molecule has 8 heteroatoms. The molecule has 154 valence electrons. The fraction of sp³-hybridized carbons (Fsp3) is 0.227. The maximum absolute atomic E-state index is 12.9. The molecule has 0 fully saturated rings. The normalized spacial score (nSPS) is 12.8. The molecule has 0 radical (unpaired) electrons. The molecule has 0 spiro atoms. The van der Waals surface area contributed by atoms with Crippen LogP contribution in [0.4, 0.5) is 6.01 Å². The monoisotopic (exact) mass is 407 g/mol. The van der Waals surface area contributed by atoms with Gasteiger partial charge in [-0.3, -0.25) is 14.9 Å². The van der Waals surface area contributed by atoms with Gasteiger partial charge in [0.25, 0.3) is 11.8 Å². The van der Waals surface area contributed by atoms with Crippen molar-refractivity contribution < 1.29 is 23.5 Å². The van der Waals surface area contributed by atoms with Crippen molar-refractivity contribution in [2.45, 2.75) is 13.0 Å². The number of aromatic nitrogens is 1. The van der Waals surface area contributed by atoms with Crippen LogP contribution in [0.25, 0.3) is 0 Å². The van der Waals surface area contributed by atoms with E-state index in [1.165, 1.54) is 6.26 Å². The highest BCUT2D eigenvalue weighted by Gasteiger charge is 2.26. The van der Waals surface area contributed by atoms with E-state index in [0.29, 0.717) is 36.6 Å². The molecular weight excluding hydrogens is 386 g/mol. The Labute approximate surface area is 173 Å². The van der Waals surface area contributed by atoms with Gasteiger partial charge >= 0.3 is 6.01 Å². The Morgan fingerprint density at radius 1 is 1.07 bits per heavy atom. The van der Waals surface area contributed by atoms with E-state index >= 15 is 0 Å². The Morgan fingerprint density at radius 3 is 2.47 bits per heavy atom. The SMILES string of the molecule is COc1cc2c(cc1OC)CN(C(=O)c1coc(NC(=O)c3ccccc3)n1)CC2. The van der Waals surface area contributed by atoms with Crippen LogP contribution in [0.3, 0.4) is 0 Å². The lowest BCUT2D eigenvalue weighted by atomic mass is 9.98. The zero-order chi connectivity index (χ0) is 21.1. The molecule has 2 heterocycles. The Hall–Kier alpha value is -3.81. The first kappa shape index (κ1) is 19.5. The van der Waals surface area contributed by atoms with E-state index in [4.69, 9.17) is 13.9 Å². The number of fused-ring (bicyclic) bond motifs is 1. The number of ether oxygens (including phenoxy) is 2. The van der Waals surface area contributed by atoms with Gasteiger partial charge in [0.1, 0.15) is 6.26 Å². The predicted octanol–water partition coefficient (Wildman–Crippen LogP) is 3.14. The summed E-state index contributed by atoms with van der Waals surface area (Å²) in [6.45, 7) is 0.965. The Morgan fingerprint density at radius 2 is 1.77 bits per heavy atom. The molecular formula is C22H21N3O5. The van der Waals surface area contributed by atoms with E-state index in [2.05, 4.69) is 10.3 Å². The summed E-state index contributed by atoms with van der Waals surface area (Å²) in [6, 6.07) is 12.5. The van der Waals surface area contributed by atoms with Crippen LogP contribution in [0.5, 0.6) is 11.5 Å². The smallest absolute Gasteiger partial charge is 0.302 e. The molecule has 1 aliphatic rings. The zero-order valence-corrected chi connectivity index (χ0v) is 16.7. The first-order valence-electron chi connectivity index (χ1n) is 9.44. The third-order valence-corrected chi connectivity index (χ3v) is 4.99. The number of methoxy groups -OCH3 is 2. The molecule has 0 saturated carbocycles. The van der Waals surface area contributed by atoms with Gasteiger partial charge in [0.2, 0.25) is 0 Å². The van der Waals surface area contributed by atoms with Crippen molar-refractivity contribution in [3.63, 3.8) is 0 Å². The van der Waals surface area contributed by atoms with E-state index in [1.807, 2.05) is 18.2 Å². The van der Waals surface area contributed by atoms with E-state index in [9.17, 15) is 9.59 Å². The standard InChI is InChI=1S/C22H21N3O5/c1-28-18-10-15-8-9-25(12-16(15)11-19(18)29-2)21(27)17-13-30-22(23-17)24-20(26)14-6-4-3-5-7-14/h3-7,10-11,13H,8-9,12H2,1-2H3,(H,23,24,26). The second-order valence-electron chi connectivity index (χ2n) is 6.81. The van der Waals surface area contributed by atoms with Crippen LogP contribution in [-0.4, -0.2) is 42.5 Å². The van der Waals surface area contributed by atoms with Crippen molar-refractivity contribution in [1.82, 2.24) is 9.88 Å². The van der Waals surface area contributed by atoms with Gasteiger partial charge in [-0.05, 0) is 41.8 Å². The molecule has 8 nitrogen and oxygen atoms in total. The third kappa shape index (κ3) is 3.84. The van der Waals surface area contributed by atoms with Crippen LogP contribution >= 0.6 is 0 Å². The molecule has 2 aromatic carbocycles. The Kier molecular flexibility index (Phi) is 5.38. The molecule has 2 amide bonds. The summed E-state index contributed by atoms with van der Waals surface area (Å²) >= 11 is 0. The highest BCUT2D eigenvalue weighted by molar-refractivity contribution is 6.03. The molecule has 0 bridgehead atoms. The second kappa shape index (κ2) is 8.28. The van der Waals surface area contributed by atoms with Crippen LogP contribution in [0.15, 0.2) is 53.1 Å². The number of nitrogens with one attached hydrogen (secondary N) is 1. The van der Waals surface area contributed by atoms with E-state index in [0.717, 1.165) is 11.1 Å². The zero-order valence-electron chi connectivity index (χ0n) is 16.7. The minimum absolute atomic E-state index is 0.0176. The van der Waals surface area contributed by atoms with Crippen molar-refractivity contribution >= 4 is 17.8 Å². The summed E-state index contributed by atoms with van der Waals surface area (Å²) in [5.74, 6) is 0.674. The molecule has 30 heavy (non-hydrogen) atoms. The van der Waals surface area contributed by atoms with E-state index < -0.39 is 0 Å². The summed E-state index contributed by atoms with van der Waals surface area (Å²) in [4.78, 5) is 30.9. The lowest BCUT2D eigenvalue weighted by Gasteiger charge is -2.29. The molecule has 0 atom stereocenters. The number of oxazole rings is 1. The quantitative estimate of drug-likeness (QED) is 0.698. The number of rotatable bonds is 5. The first-order chi connectivity index (χ1) is 14.6. The van der Waals surface area contributed by atoms with Crippen molar-refractivity contribution in [3.8, 4) is 11.5 Å². The lowest BCUT2D eigenvalue weighted by molar-refractivity contribution is 0.0728. The third-order valence-electron chi connectivity index (χ3n) is 4.99. The summed E-state index contributed by atoms with van der Waals surface area (Å²) in [6.07, 6.45) is 1.95. The largest absolute Gasteiger partial charge is 0.493 e. The summed E-state index contributed by atoms with van der Waals surface area (Å²) in [5, 5.41) is 2.56. The Balaban J connectivity index is 1.46. The van der Waals surface area contributed by atoms with Crippen LogP contribution in [-0.2, 0) is 13.0 Å². The molecule has 1 aliphatic heterocycles. The fourth-order valence-electron chi connectivity index (χ4n) is 3.41. The van der Waals surface area contributed by atoms with Gasteiger partial charge in [0.15, 0.2) is 17.2 Å². The first-order valence-corrected chi connectivity index (χ1v) is 9.44.